The quantitative estimate of drug-likeness (QED) is 0.655. The minimum atomic E-state index is 0.168. The summed E-state index contributed by atoms with van der Waals surface area (Å²) in [5.74, 6) is 0.459. The standard InChI is InChI=1S/C13H25NO2/c1-2-3-4-5-9-13(16)14-12-8-6-7-11(12)10-15/h11-12,15H,2-10H2,1H3,(H,14,16). The van der Waals surface area contributed by atoms with Crippen molar-refractivity contribution in [1.29, 1.82) is 0 Å². The minimum Gasteiger partial charge on any atom is -0.396 e. The van der Waals surface area contributed by atoms with Crippen LogP contribution in [0.3, 0.4) is 0 Å². The van der Waals surface area contributed by atoms with Gasteiger partial charge in [0.05, 0.1) is 0 Å². The molecule has 2 unspecified atom stereocenters. The summed E-state index contributed by atoms with van der Waals surface area (Å²) in [5, 5.41) is 12.2. The number of aliphatic hydroxyl groups excluding tert-OH is 1. The monoisotopic (exact) mass is 227 g/mol. The molecule has 0 aromatic heterocycles. The van der Waals surface area contributed by atoms with E-state index in [2.05, 4.69) is 12.2 Å². The van der Waals surface area contributed by atoms with Gasteiger partial charge in [-0.25, -0.2) is 0 Å². The summed E-state index contributed by atoms with van der Waals surface area (Å²) in [6.07, 6.45) is 8.44. The van der Waals surface area contributed by atoms with Crippen molar-refractivity contribution in [2.24, 2.45) is 5.92 Å². The van der Waals surface area contributed by atoms with E-state index in [1.165, 1.54) is 12.8 Å². The first-order chi connectivity index (χ1) is 7.77. The lowest BCUT2D eigenvalue weighted by atomic mass is 10.0. The average molecular weight is 227 g/mol. The molecule has 0 radical (unpaired) electrons. The van der Waals surface area contributed by atoms with Crippen LogP contribution < -0.4 is 5.32 Å². The number of hydrogen-bond acceptors (Lipinski definition) is 2. The van der Waals surface area contributed by atoms with E-state index in [1.54, 1.807) is 0 Å². The number of hydrogen-bond donors (Lipinski definition) is 2. The number of carbonyl (C=O) groups excluding carboxylic acids is 1. The molecule has 1 aliphatic carbocycles. The van der Waals surface area contributed by atoms with Crippen molar-refractivity contribution in [2.75, 3.05) is 6.61 Å². The van der Waals surface area contributed by atoms with Gasteiger partial charge in [-0.1, -0.05) is 32.6 Å². The highest BCUT2D eigenvalue weighted by molar-refractivity contribution is 5.76. The number of nitrogens with one attached hydrogen (secondary N) is 1. The highest BCUT2D eigenvalue weighted by Crippen LogP contribution is 2.25. The molecule has 1 rings (SSSR count). The van der Waals surface area contributed by atoms with Crippen LogP contribution in [0.25, 0.3) is 0 Å². The second-order valence-corrected chi connectivity index (χ2v) is 4.86. The Kier molecular flexibility index (Phi) is 6.46. The van der Waals surface area contributed by atoms with Crippen LogP contribution in [0.4, 0.5) is 0 Å². The van der Waals surface area contributed by atoms with Crippen molar-refractivity contribution in [3.63, 3.8) is 0 Å². The Hall–Kier alpha value is -0.570. The van der Waals surface area contributed by atoms with Crippen molar-refractivity contribution in [3.8, 4) is 0 Å². The fraction of sp³-hybridized carbons (Fsp3) is 0.923. The van der Waals surface area contributed by atoms with Crippen molar-refractivity contribution >= 4 is 5.91 Å². The van der Waals surface area contributed by atoms with Crippen molar-refractivity contribution in [3.05, 3.63) is 0 Å². The fourth-order valence-electron chi connectivity index (χ4n) is 2.44. The SMILES string of the molecule is CCCCCCC(=O)NC1CCCC1CO. The lowest BCUT2D eigenvalue weighted by Gasteiger charge is -2.18. The highest BCUT2D eigenvalue weighted by atomic mass is 16.3. The normalized spacial score (nSPS) is 24.6. The molecule has 1 fully saturated rings. The Bertz CT molecular complexity index is 206. The number of amides is 1. The van der Waals surface area contributed by atoms with Gasteiger partial charge in [-0.2, -0.15) is 0 Å². The van der Waals surface area contributed by atoms with E-state index >= 15 is 0 Å². The summed E-state index contributed by atoms with van der Waals surface area (Å²) in [7, 11) is 0. The maximum absolute atomic E-state index is 11.6. The Balaban J connectivity index is 2.13. The summed E-state index contributed by atoms with van der Waals surface area (Å²) in [5.41, 5.74) is 0. The molecule has 0 spiro atoms. The molecule has 0 aliphatic heterocycles. The van der Waals surface area contributed by atoms with Crippen LogP contribution in [0, 0.1) is 5.92 Å². The van der Waals surface area contributed by atoms with Gasteiger partial charge in [0.15, 0.2) is 0 Å². The molecule has 0 aromatic carbocycles. The molecule has 0 saturated heterocycles. The predicted octanol–water partition coefficient (Wildman–Crippen LogP) is 2.23. The topological polar surface area (TPSA) is 49.3 Å². The third-order valence-corrected chi connectivity index (χ3v) is 3.50. The van der Waals surface area contributed by atoms with Gasteiger partial charge in [0.1, 0.15) is 0 Å². The first-order valence-electron chi connectivity index (χ1n) is 6.68. The van der Waals surface area contributed by atoms with E-state index < -0.39 is 0 Å². The van der Waals surface area contributed by atoms with Crippen LogP contribution in [-0.4, -0.2) is 23.7 Å². The third kappa shape index (κ3) is 4.52. The number of rotatable bonds is 7. The molecular weight excluding hydrogens is 202 g/mol. The molecule has 3 nitrogen and oxygen atoms in total. The summed E-state index contributed by atoms with van der Waals surface area (Å²) >= 11 is 0. The van der Waals surface area contributed by atoms with Crippen molar-refractivity contribution in [1.82, 2.24) is 5.32 Å². The lowest BCUT2D eigenvalue weighted by Crippen LogP contribution is -2.38. The van der Waals surface area contributed by atoms with E-state index in [1.807, 2.05) is 0 Å². The first kappa shape index (κ1) is 13.5. The number of carbonyl (C=O) groups is 1. The first-order valence-corrected chi connectivity index (χ1v) is 6.68. The molecule has 3 heteroatoms. The molecule has 2 N–H and O–H groups in total. The highest BCUT2D eigenvalue weighted by Gasteiger charge is 2.27. The maximum atomic E-state index is 11.6. The summed E-state index contributed by atoms with van der Waals surface area (Å²) in [4.78, 5) is 11.6. The summed E-state index contributed by atoms with van der Waals surface area (Å²) in [6.45, 7) is 2.38. The molecule has 16 heavy (non-hydrogen) atoms. The van der Waals surface area contributed by atoms with Gasteiger partial charge in [0.25, 0.3) is 0 Å². The Morgan fingerprint density at radius 3 is 2.81 bits per heavy atom. The van der Waals surface area contributed by atoms with E-state index in [9.17, 15) is 4.79 Å². The average Bonchev–Trinajstić information content (AvgIpc) is 2.71. The van der Waals surface area contributed by atoms with Gasteiger partial charge < -0.3 is 10.4 Å². The van der Waals surface area contributed by atoms with Crippen LogP contribution in [0.15, 0.2) is 0 Å². The predicted molar refractivity (Wildman–Crippen MR) is 65.1 cm³/mol. The van der Waals surface area contributed by atoms with E-state index in [0.29, 0.717) is 12.3 Å². The zero-order valence-corrected chi connectivity index (χ0v) is 10.4. The Morgan fingerprint density at radius 1 is 1.31 bits per heavy atom. The lowest BCUT2D eigenvalue weighted by molar-refractivity contribution is -0.122. The third-order valence-electron chi connectivity index (χ3n) is 3.50. The van der Waals surface area contributed by atoms with Crippen LogP contribution in [0.2, 0.25) is 0 Å². The molecule has 1 aliphatic rings. The van der Waals surface area contributed by atoms with E-state index in [-0.39, 0.29) is 18.6 Å². The largest absolute Gasteiger partial charge is 0.396 e. The van der Waals surface area contributed by atoms with Crippen molar-refractivity contribution < 1.29 is 9.90 Å². The molecule has 0 aromatic rings. The maximum Gasteiger partial charge on any atom is 0.220 e. The van der Waals surface area contributed by atoms with Crippen LogP contribution in [0.5, 0.6) is 0 Å². The molecule has 1 saturated carbocycles. The van der Waals surface area contributed by atoms with Gasteiger partial charge in [-0.3, -0.25) is 4.79 Å². The van der Waals surface area contributed by atoms with Crippen LogP contribution in [0.1, 0.15) is 58.3 Å². The summed E-state index contributed by atoms with van der Waals surface area (Å²) < 4.78 is 0. The molecule has 2 atom stereocenters. The van der Waals surface area contributed by atoms with Gasteiger partial charge in [0.2, 0.25) is 5.91 Å². The van der Waals surface area contributed by atoms with Crippen LogP contribution >= 0.6 is 0 Å². The molecular formula is C13H25NO2. The fourth-order valence-corrected chi connectivity index (χ4v) is 2.44. The van der Waals surface area contributed by atoms with Gasteiger partial charge >= 0.3 is 0 Å². The molecule has 0 bridgehead atoms. The van der Waals surface area contributed by atoms with E-state index in [0.717, 1.165) is 32.1 Å². The number of unbranched alkanes of at least 4 members (excludes halogenated alkanes) is 3. The van der Waals surface area contributed by atoms with Gasteiger partial charge in [-0.15, -0.1) is 0 Å². The van der Waals surface area contributed by atoms with Gasteiger partial charge in [-0.05, 0) is 19.3 Å². The zero-order valence-electron chi connectivity index (χ0n) is 10.4. The Morgan fingerprint density at radius 2 is 2.12 bits per heavy atom. The molecule has 1 amide bonds. The zero-order chi connectivity index (χ0) is 11.8. The van der Waals surface area contributed by atoms with Gasteiger partial charge in [0, 0.05) is 25.0 Å². The minimum absolute atomic E-state index is 0.168. The van der Waals surface area contributed by atoms with Crippen molar-refractivity contribution in [2.45, 2.75) is 64.3 Å². The second kappa shape index (κ2) is 7.66. The molecule has 0 heterocycles. The summed E-state index contributed by atoms with van der Waals surface area (Å²) in [6, 6.07) is 0.226. The Labute approximate surface area is 98.6 Å². The smallest absolute Gasteiger partial charge is 0.220 e. The second-order valence-electron chi connectivity index (χ2n) is 4.86. The van der Waals surface area contributed by atoms with E-state index in [4.69, 9.17) is 5.11 Å². The molecule has 94 valence electrons. The number of aliphatic hydroxyl groups is 1. The van der Waals surface area contributed by atoms with Crippen LogP contribution in [-0.2, 0) is 4.79 Å².